The van der Waals surface area contributed by atoms with Crippen LogP contribution in [0.3, 0.4) is 0 Å². The van der Waals surface area contributed by atoms with Crippen LogP contribution in [-0.2, 0) is 14.4 Å². The molecule has 0 bridgehead atoms. The van der Waals surface area contributed by atoms with Gasteiger partial charge in [-0.2, -0.15) is 5.26 Å². The van der Waals surface area contributed by atoms with E-state index in [9.17, 15) is 19.6 Å². The number of imide groups is 1. The Morgan fingerprint density at radius 3 is 2.52 bits per heavy atom. The molecule has 0 aliphatic carbocycles. The van der Waals surface area contributed by atoms with Crippen LogP contribution >= 0.6 is 11.8 Å². The third-order valence-corrected chi connectivity index (χ3v) is 5.50. The molecule has 0 radical (unpaired) electrons. The van der Waals surface area contributed by atoms with Gasteiger partial charge in [-0.25, -0.2) is 9.88 Å². The highest BCUT2D eigenvalue weighted by Crippen LogP contribution is 2.35. The predicted molar refractivity (Wildman–Crippen MR) is 108 cm³/mol. The van der Waals surface area contributed by atoms with E-state index in [1.807, 2.05) is 13.8 Å². The Morgan fingerprint density at radius 1 is 1.24 bits per heavy atom. The van der Waals surface area contributed by atoms with E-state index in [0.717, 1.165) is 22.4 Å². The smallest absolute Gasteiger partial charge is 0.308 e. The van der Waals surface area contributed by atoms with Gasteiger partial charge in [-0.05, 0) is 42.3 Å². The van der Waals surface area contributed by atoms with Gasteiger partial charge in [-0.3, -0.25) is 14.4 Å². The summed E-state index contributed by atoms with van der Waals surface area (Å²) in [4.78, 5) is 42.0. The summed E-state index contributed by atoms with van der Waals surface area (Å²) in [5, 5.41) is 9.16. The number of pyridine rings is 1. The highest BCUT2D eigenvalue weighted by molar-refractivity contribution is 8.00. The minimum Gasteiger partial charge on any atom is -0.427 e. The third kappa shape index (κ3) is 4.46. The molecule has 1 aliphatic heterocycles. The van der Waals surface area contributed by atoms with Gasteiger partial charge in [-0.15, -0.1) is 0 Å². The van der Waals surface area contributed by atoms with Crippen molar-refractivity contribution < 1.29 is 19.1 Å². The molecule has 0 N–H and O–H groups in total. The fourth-order valence-corrected chi connectivity index (χ4v) is 3.98. The zero-order valence-corrected chi connectivity index (χ0v) is 17.0. The summed E-state index contributed by atoms with van der Waals surface area (Å²) < 4.78 is 4.97. The number of anilines is 1. The number of hydrogen-bond donors (Lipinski definition) is 0. The number of amides is 2. The predicted octanol–water partition coefficient (Wildman–Crippen LogP) is 3.43. The van der Waals surface area contributed by atoms with E-state index in [1.165, 1.54) is 19.1 Å². The van der Waals surface area contributed by atoms with Crippen LogP contribution in [0.2, 0.25) is 0 Å². The number of hydrogen-bond acceptors (Lipinski definition) is 7. The van der Waals surface area contributed by atoms with Crippen molar-refractivity contribution in [1.82, 2.24) is 4.98 Å². The second-order valence-electron chi connectivity index (χ2n) is 6.82. The van der Waals surface area contributed by atoms with E-state index >= 15 is 0 Å². The zero-order valence-electron chi connectivity index (χ0n) is 16.2. The molecule has 7 nitrogen and oxygen atoms in total. The number of benzene rings is 1. The van der Waals surface area contributed by atoms with Crippen LogP contribution in [-0.4, -0.2) is 28.0 Å². The van der Waals surface area contributed by atoms with Crippen molar-refractivity contribution in [2.24, 2.45) is 0 Å². The number of carbonyl (C=O) groups is 3. The lowest BCUT2D eigenvalue weighted by molar-refractivity contribution is -0.132. The molecule has 1 atom stereocenters. The number of carbonyl (C=O) groups excluding carboxylic acids is 3. The monoisotopic (exact) mass is 409 g/mol. The van der Waals surface area contributed by atoms with Gasteiger partial charge in [0, 0.05) is 19.0 Å². The second-order valence-corrected chi connectivity index (χ2v) is 8.01. The fraction of sp³-hybridized carbons (Fsp3) is 0.286. The van der Waals surface area contributed by atoms with E-state index in [4.69, 9.17) is 4.74 Å². The van der Waals surface area contributed by atoms with Gasteiger partial charge >= 0.3 is 5.97 Å². The van der Waals surface area contributed by atoms with Gasteiger partial charge in [0.2, 0.25) is 11.8 Å². The molecule has 1 unspecified atom stereocenters. The minimum absolute atomic E-state index is 0.0215. The van der Waals surface area contributed by atoms with Crippen molar-refractivity contribution in [2.75, 3.05) is 4.90 Å². The van der Waals surface area contributed by atoms with Crippen molar-refractivity contribution in [3.63, 3.8) is 0 Å². The fourth-order valence-electron chi connectivity index (χ4n) is 2.88. The number of esters is 1. The van der Waals surface area contributed by atoms with Gasteiger partial charge in [0.15, 0.2) is 0 Å². The Labute approximate surface area is 172 Å². The van der Waals surface area contributed by atoms with E-state index < -0.39 is 11.2 Å². The molecule has 1 fully saturated rings. The van der Waals surface area contributed by atoms with Crippen LogP contribution in [0.15, 0.2) is 41.4 Å². The lowest BCUT2D eigenvalue weighted by Gasteiger charge is -2.15. The molecule has 1 aromatic carbocycles. The number of nitrogens with zero attached hydrogens (tertiary/aromatic N) is 3. The highest BCUT2D eigenvalue weighted by atomic mass is 32.2. The molecule has 1 saturated heterocycles. The molecule has 1 aliphatic rings. The van der Waals surface area contributed by atoms with Crippen LogP contribution in [0.5, 0.6) is 5.75 Å². The molecule has 3 rings (SSSR count). The average Bonchev–Trinajstić information content (AvgIpc) is 2.95. The topological polar surface area (TPSA) is 100 Å². The van der Waals surface area contributed by atoms with Crippen LogP contribution in [0.4, 0.5) is 5.69 Å². The molecule has 0 saturated carbocycles. The maximum Gasteiger partial charge on any atom is 0.308 e. The molecule has 0 spiro atoms. The SMILES string of the molecule is CC(=O)Oc1ccc(N2C(=O)CC(Sc3nc(C(C)C)ccc3C#N)C2=O)cc1. The lowest BCUT2D eigenvalue weighted by Crippen LogP contribution is -2.31. The Bertz CT molecular complexity index is 1010. The lowest BCUT2D eigenvalue weighted by atomic mass is 10.1. The second kappa shape index (κ2) is 8.45. The van der Waals surface area contributed by atoms with Crippen LogP contribution in [0, 0.1) is 11.3 Å². The van der Waals surface area contributed by atoms with Crippen molar-refractivity contribution in [2.45, 2.75) is 43.4 Å². The molecule has 2 aromatic rings. The molecule has 2 amide bonds. The molecular weight excluding hydrogens is 390 g/mol. The van der Waals surface area contributed by atoms with Crippen LogP contribution < -0.4 is 9.64 Å². The maximum atomic E-state index is 12.9. The van der Waals surface area contributed by atoms with Gasteiger partial charge in [0.05, 0.1) is 16.5 Å². The largest absolute Gasteiger partial charge is 0.427 e. The van der Waals surface area contributed by atoms with Crippen LogP contribution in [0.25, 0.3) is 0 Å². The first-order chi connectivity index (χ1) is 13.8. The standard InChI is InChI=1S/C21H19N3O4S/c1-12(2)17-9-4-14(11-22)20(23-17)29-18-10-19(26)24(21(18)27)15-5-7-16(8-6-15)28-13(3)25/h4-9,12,18H,10H2,1-3H3. The van der Waals surface area contributed by atoms with Crippen molar-refractivity contribution in [3.8, 4) is 11.8 Å². The summed E-state index contributed by atoms with van der Waals surface area (Å²) in [7, 11) is 0. The first-order valence-electron chi connectivity index (χ1n) is 9.03. The Hall–Kier alpha value is -3.18. The Balaban J connectivity index is 1.82. The maximum absolute atomic E-state index is 12.9. The normalized spacial score (nSPS) is 16.2. The Morgan fingerprint density at radius 2 is 1.93 bits per heavy atom. The average molecular weight is 409 g/mol. The summed E-state index contributed by atoms with van der Waals surface area (Å²) in [6.45, 7) is 5.28. The number of nitriles is 1. The van der Waals surface area contributed by atoms with Crippen molar-refractivity contribution >= 4 is 35.2 Å². The van der Waals surface area contributed by atoms with E-state index in [2.05, 4.69) is 11.1 Å². The van der Waals surface area contributed by atoms with Gasteiger partial charge in [0.1, 0.15) is 16.8 Å². The number of rotatable bonds is 5. The van der Waals surface area contributed by atoms with Gasteiger partial charge < -0.3 is 4.74 Å². The summed E-state index contributed by atoms with van der Waals surface area (Å²) in [5.74, 6) is -0.631. The van der Waals surface area contributed by atoms with E-state index in [0.29, 0.717) is 22.0 Å². The van der Waals surface area contributed by atoms with E-state index in [-0.39, 0.29) is 24.2 Å². The first-order valence-corrected chi connectivity index (χ1v) is 9.91. The summed E-state index contributed by atoms with van der Waals surface area (Å²) in [6, 6.07) is 11.7. The van der Waals surface area contributed by atoms with Gasteiger partial charge in [-0.1, -0.05) is 25.6 Å². The zero-order chi connectivity index (χ0) is 21.1. The summed E-state index contributed by atoms with van der Waals surface area (Å²) >= 11 is 1.14. The van der Waals surface area contributed by atoms with Gasteiger partial charge in [0.25, 0.3) is 0 Å². The van der Waals surface area contributed by atoms with Crippen LogP contribution in [0.1, 0.15) is 44.4 Å². The summed E-state index contributed by atoms with van der Waals surface area (Å²) in [5.41, 5.74) is 1.61. The van der Waals surface area contributed by atoms with Crippen molar-refractivity contribution in [3.05, 3.63) is 47.7 Å². The molecule has 8 heteroatoms. The quantitative estimate of drug-likeness (QED) is 0.424. The summed E-state index contributed by atoms with van der Waals surface area (Å²) in [6.07, 6.45) is 0.0215. The highest BCUT2D eigenvalue weighted by Gasteiger charge is 2.40. The minimum atomic E-state index is -0.655. The van der Waals surface area contributed by atoms with Crippen molar-refractivity contribution in [1.29, 1.82) is 5.26 Å². The molecule has 148 valence electrons. The molecule has 1 aromatic heterocycles. The molecule has 29 heavy (non-hydrogen) atoms. The number of aromatic nitrogens is 1. The number of thioether (sulfide) groups is 1. The van der Waals surface area contributed by atoms with E-state index in [1.54, 1.807) is 24.3 Å². The molecular formula is C21H19N3O4S. The Kier molecular flexibility index (Phi) is 5.99. The third-order valence-electron chi connectivity index (χ3n) is 4.31. The molecule has 2 heterocycles. The first kappa shape index (κ1) is 20.6. The number of ether oxygens (including phenoxy) is 1.